The van der Waals surface area contributed by atoms with Crippen LogP contribution in [0, 0.1) is 17.2 Å². The van der Waals surface area contributed by atoms with Crippen molar-refractivity contribution >= 4 is 23.8 Å². The van der Waals surface area contributed by atoms with Crippen molar-refractivity contribution in [3.05, 3.63) is 77.9 Å². The fourth-order valence-corrected chi connectivity index (χ4v) is 4.02. The molecule has 0 spiro atoms. The Balaban J connectivity index is 1.73. The molecule has 1 heterocycles. The number of benzene rings is 2. The fraction of sp³-hybridized carbons (Fsp3) is 0.333. The van der Waals surface area contributed by atoms with E-state index in [1.54, 1.807) is 12.1 Å². The summed E-state index contributed by atoms with van der Waals surface area (Å²) in [6.07, 6.45) is 3.28. The van der Waals surface area contributed by atoms with Gasteiger partial charge < -0.3 is 21.1 Å². The Hall–Kier alpha value is -3.96. The average Bonchev–Trinajstić information content (AvgIpc) is 2.88. The van der Waals surface area contributed by atoms with Crippen molar-refractivity contribution < 1.29 is 19.5 Å². The van der Waals surface area contributed by atoms with Crippen molar-refractivity contribution in [2.24, 2.45) is 5.92 Å². The summed E-state index contributed by atoms with van der Waals surface area (Å²) < 4.78 is 0. The Morgan fingerprint density at radius 3 is 2.46 bits per heavy atom. The maximum Gasteiger partial charge on any atom is 0.244 e. The molecule has 4 N–H and O–H groups in total. The second-order valence-electron chi connectivity index (χ2n) is 8.55. The molecule has 3 amide bonds. The molecule has 1 unspecified atom stereocenters. The van der Waals surface area contributed by atoms with Crippen LogP contribution in [0.3, 0.4) is 0 Å². The number of hydrogen-bond donors (Lipinski definition) is 4. The van der Waals surface area contributed by atoms with Gasteiger partial charge in [-0.05, 0) is 36.5 Å². The SMILES string of the molecule is N#CC(O)[C@H](C[C@@H]1CCCNC1=O)NC(=O)[C@H](Cc1ccccc1)NC(=O)/C=C/c1ccccc1. The third-order valence-electron chi connectivity index (χ3n) is 5.92. The van der Waals surface area contributed by atoms with Crippen molar-refractivity contribution in [3.63, 3.8) is 0 Å². The Morgan fingerprint density at radius 1 is 1.11 bits per heavy atom. The second-order valence-corrected chi connectivity index (χ2v) is 8.55. The number of rotatable bonds is 10. The van der Waals surface area contributed by atoms with Gasteiger partial charge in [-0.25, -0.2) is 0 Å². The molecular formula is C27H30N4O4. The van der Waals surface area contributed by atoms with Crippen LogP contribution in [0.2, 0.25) is 0 Å². The molecule has 1 aliphatic rings. The van der Waals surface area contributed by atoms with E-state index < -0.39 is 35.9 Å². The fourth-order valence-electron chi connectivity index (χ4n) is 4.02. The number of aliphatic hydroxyl groups is 1. The standard InChI is InChI=1S/C27H30N4O4/c28-18-24(32)22(17-21-12-7-15-29-26(21)34)31-27(35)23(16-20-10-5-2-6-11-20)30-25(33)14-13-19-8-3-1-4-9-19/h1-6,8-11,13-14,21-24,32H,7,12,15-17H2,(H,29,34)(H,30,33)(H,31,35)/b14-13+/t21-,22-,23-,24?/m0/s1. The van der Waals surface area contributed by atoms with Crippen molar-refractivity contribution in [3.8, 4) is 6.07 Å². The van der Waals surface area contributed by atoms with Crippen molar-refractivity contribution in [2.75, 3.05) is 6.54 Å². The number of amides is 3. The van der Waals surface area contributed by atoms with E-state index in [-0.39, 0.29) is 18.7 Å². The van der Waals surface area contributed by atoms with E-state index in [4.69, 9.17) is 0 Å². The number of carbonyl (C=O) groups excluding carboxylic acids is 3. The Kier molecular flexibility index (Phi) is 9.58. The normalized spacial score (nSPS) is 18.1. The highest BCUT2D eigenvalue weighted by molar-refractivity contribution is 5.95. The summed E-state index contributed by atoms with van der Waals surface area (Å²) in [4.78, 5) is 38.0. The minimum atomic E-state index is -1.49. The highest BCUT2D eigenvalue weighted by atomic mass is 16.3. The molecular weight excluding hydrogens is 444 g/mol. The smallest absolute Gasteiger partial charge is 0.244 e. The predicted molar refractivity (Wildman–Crippen MR) is 131 cm³/mol. The van der Waals surface area contributed by atoms with Crippen molar-refractivity contribution in [1.29, 1.82) is 5.26 Å². The highest BCUT2D eigenvalue weighted by Gasteiger charge is 2.32. The van der Waals surface area contributed by atoms with Crippen LogP contribution in [-0.2, 0) is 20.8 Å². The van der Waals surface area contributed by atoms with E-state index in [0.29, 0.717) is 13.0 Å². The van der Waals surface area contributed by atoms with Crippen LogP contribution in [0.1, 0.15) is 30.4 Å². The monoisotopic (exact) mass is 474 g/mol. The van der Waals surface area contributed by atoms with E-state index >= 15 is 0 Å². The van der Waals surface area contributed by atoms with Gasteiger partial charge >= 0.3 is 0 Å². The van der Waals surface area contributed by atoms with Gasteiger partial charge in [-0.1, -0.05) is 60.7 Å². The number of hydrogen-bond acceptors (Lipinski definition) is 5. The topological polar surface area (TPSA) is 131 Å². The number of nitrogens with zero attached hydrogens (tertiary/aromatic N) is 1. The van der Waals surface area contributed by atoms with E-state index in [2.05, 4.69) is 16.0 Å². The Morgan fingerprint density at radius 2 is 1.80 bits per heavy atom. The van der Waals surface area contributed by atoms with E-state index in [9.17, 15) is 24.8 Å². The molecule has 1 saturated heterocycles. The lowest BCUT2D eigenvalue weighted by molar-refractivity contribution is -0.130. The zero-order valence-corrected chi connectivity index (χ0v) is 19.4. The summed E-state index contributed by atoms with van der Waals surface area (Å²) in [6, 6.07) is 18.4. The van der Waals surface area contributed by atoms with Gasteiger partial charge in [0.1, 0.15) is 6.04 Å². The summed E-state index contributed by atoms with van der Waals surface area (Å²) >= 11 is 0. The molecule has 1 fully saturated rings. The van der Waals surface area contributed by atoms with Crippen molar-refractivity contribution in [2.45, 2.75) is 43.9 Å². The lowest BCUT2D eigenvalue weighted by Gasteiger charge is -2.29. The molecule has 0 aliphatic carbocycles. The molecule has 35 heavy (non-hydrogen) atoms. The molecule has 0 aromatic heterocycles. The lowest BCUT2D eigenvalue weighted by atomic mass is 9.89. The number of aliphatic hydroxyl groups excluding tert-OH is 1. The largest absolute Gasteiger partial charge is 0.376 e. The number of carbonyl (C=O) groups is 3. The zero-order valence-electron chi connectivity index (χ0n) is 19.4. The van der Waals surface area contributed by atoms with Crippen LogP contribution < -0.4 is 16.0 Å². The molecule has 2 aromatic carbocycles. The van der Waals surface area contributed by atoms with Crippen LogP contribution in [0.5, 0.6) is 0 Å². The van der Waals surface area contributed by atoms with E-state index in [1.165, 1.54) is 6.08 Å². The summed E-state index contributed by atoms with van der Waals surface area (Å²) in [5.41, 5.74) is 1.68. The minimum Gasteiger partial charge on any atom is -0.376 e. The van der Waals surface area contributed by atoms with Gasteiger partial charge in [0.2, 0.25) is 17.7 Å². The van der Waals surface area contributed by atoms with Crippen LogP contribution >= 0.6 is 0 Å². The molecule has 2 aromatic rings. The molecule has 4 atom stereocenters. The van der Waals surface area contributed by atoms with Crippen LogP contribution in [0.25, 0.3) is 6.08 Å². The Labute approximate surface area is 205 Å². The predicted octanol–water partition coefficient (Wildman–Crippen LogP) is 1.71. The summed E-state index contributed by atoms with van der Waals surface area (Å²) in [7, 11) is 0. The van der Waals surface area contributed by atoms with Gasteiger partial charge in [-0.2, -0.15) is 5.26 Å². The quantitative estimate of drug-likeness (QED) is 0.308. The number of piperidine rings is 1. The molecule has 0 saturated carbocycles. The minimum absolute atomic E-state index is 0.131. The molecule has 8 heteroatoms. The van der Waals surface area contributed by atoms with E-state index in [1.807, 2.05) is 60.7 Å². The third kappa shape index (κ3) is 8.09. The van der Waals surface area contributed by atoms with Crippen molar-refractivity contribution in [1.82, 2.24) is 16.0 Å². The van der Waals surface area contributed by atoms with Gasteiger partial charge in [0, 0.05) is 25.0 Å². The first-order valence-corrected chi connectivity index (χ1v) is 11.7. The highest BCUT2D eigenvalue weighted by Crippen LogP contribution is 2.19. The molecule has 0 bridgehead atoms. The van der Waals surface area contributed by atoms with E-state index in [0.717, 1.165) is 17.5 Å². The first-order chi connectivity index (χ1) is 17.0. The maximum absolute atomic E-state index is 13.2. The first-order valence-electron chi connectivity index (χ1n) is 11.7. The van der Waals surface area contributed by atoms with Crippen LogP contribution in [-0.4, -0.2) is 47.6 Å². The van der Waals surface area contributed by atoms with Gasteiger partial charge in [0.15, 0.2) is 6.10 Å². The first kappa shape index (κ1) is 25.7. The van der Waals surface area contributed by atoms with Crippen LogP contribution in [0.4, 0.5) is 0 Å². The molecule has 0 radical (unpaired) electrons. The average molecular weight is 475 g/mol. The third-order valence-corrected chi connectivity index (χ3v) is 5.92. The molecule has 1 aliphatic heterocycles. The number of nitrogens with one attached hydrogen (secondary N) is 3. The molecule has 3 rings (SSSR count). The number of nitriles is 1. The van der Waals surface area contributed by atoms with Gasteiger partial charge in [-0.3, -0.25) is 14.4 Å². The van der Waals surface area contributed by atoms with Gasteiger partial charge in [0.25, 0.3) is 0 Å². The lowest BCUT2D eigenvalue weighted by Crippen LogP contribution is -2.54. The second kappa shape index (κ2) is 13.1. The van der Waals surface area contributed by atoms with Gasteiger partial charge in [0.05, 0.1) is 12.1 Å². The summed E-state index contributed by atoms with van der Waals surface area (Å²) in [5.74, 6) is -1.55. The summed E-state index contributed by atoms with van der Waals surface area (Å²) in [6.45, 7) is 0.592. The van der Waals surface area contributed by atoms with Crippen LogP contribution in [0.15, 0.2) is 66.7 Å². The summed E-state index contributed by atoms with van der Waals surface area (Å²) in [5, 5.41) is 27.7. The molecule has 182 valence electrons. The Bertz CT molecular complexity index is 1070. The molecule has 8 nitrogen and oxygen atoms in total. The zero-order chi connectivity index (χ0) is 25.0. The maximum atomic E-state index is 13.2. The van der Waals surface area contributed by atoms with Gasteiger partial charge in [-0.15, -0.1) is 0 Å².